The number of carbonyl (C=O) groups excluding carboxylic acids is 1. The van der Waals surface area contributed by atoms with Crippen molar-refractivity contribution in [2.45, 2.75) is 84.3 Å². The second-order valence-electron chi connectivity index (χ2n) is 11.9. The van der Waals surface area contributed by atoms with Crippen LogP contribution in [0.25, 0.3) is 0 Å². The number of carbonyl (C=O) groups is 1. The Labute approximate surface area is 267 Å². The van der Waals surface area contributed by atoms with Gasteiger partial charge in [0.15, 0.2) is 6.10 Å². The fourth-order valence-corrected chi connectivity index (χ4v) is 6.66. The minimum atomic E-state index is -4.69. The Bertz CT molecular complexity index is 1520. The predicted molar refractivity (Wildman–Crippen MR) is 177 cm³/mol. The van der Waals surface area contributed by atoms with Crippen LogP contribution in [0.2, 0.25) is 0 Å². The standard InChI is InChI=1S/C37H45O7P/c1-5-6-9-18-30-22-33(38)36(32-21-27(4)19-20-31(32)26(2)3)34(24-30)43-37(39)35(23-28-14-10-7-11-15-28)44-45(40,41)42-25-29-16-12-8-13-17-29/h7-8,10-17,21-22,24,31-32,35,38H,2,5-6,9,18-20,23,25H2,1,3-4H3,(H,40,41)/t31-,32+,35?/m0/s1. The predicted octanol–water partition coefficient (Wildman–Crippen LogP) is 8.99. The SMILES string of the molecule is C=C(C)[C@@H]1CCC(C)=C[C@H]1c1c(O)cc(CCCCC)cc1OC(=O)C(Cc1ccccc1)OP(=O)(O)OCc1ccccc1. The lowest BCUT2D eigenvalue weighted by molar-refractivity contribution is -0.143. The van der Waals surface area contributed by atoms with E-state index in [0.29, 0.717) is 23.1 Å². The fraction of sp³-hybridized carbons (Fsp3) is 0.378. The normalized spacial score (nSPS) is 18.4. The molecule has 2 unspecified atom stereocenters. The molecule has 240 valence electrons. The molecule has 0 fully saturated rings. The van der Waals surface area contributed by atoms with Crippen LogP contribution in [0.5, 0.6) is 11.5 Å². The number of hydrogen-bond acceptors (Lipinski definition) is 6. The number of esters is 1. The average Bonchev–Trinajstić information content (AvgIpc) is 3.00. The summed E-state index contributed by atoms with van der Waals surface area (Å²) in [6, 6.07) is 21.6. The molecule has 0 spiro atoms. The summed E-state index contributed by atoms with van der Waals surface area (Å²) in [5.74, 6) is -0.799. The lowest BCUT2D eigenvalue weighted by Crippen LogP contribution is -2.31. The third kappa shape index (κ3) is 10.0. The molecule has 45 heavy (non-hydrogen) atoms. The third-order valence-corrected chi connectivity index (χ3v) is 9.17. The number of unbranched alkanes of at least 4 members (excludes halogenated alkanes) is 2. The highest BCUT2D eigenvalue weighted by Crippen LogP contribution is 2.48. The molecular weight excluding hydrogens is 587 g/mol. The summed E-state index contributed by atoms with van der Waals surface area (Å²) in [5, 5.41) is 11.4. The first-order chi connectivity index (χ1) is 21.6. The first-order valence-corrected chi connectivity index (χ1v) is 17.2. The second-order valence-corrected chi connectivity index (χ2v) is 13.4. The van der Waals surface area contributed by atoms with Crippen LogP contribution >= 0.6 is 7.82 Å². The largest absolute Gasteiger partial charge is 0.507 e. The summed E-state index contributed by atoms with van der Waals surface area (Å²) in [5.41, 5.74) is 4.90. The van der Waals surface area contributed by atoms with Gasteiger partial charge in [0.1, 0.15) is 11.5 Å². The number of rotatable bonds is 15. The van der Waals surface area contributed by atoms with Gasteiger partial charge in [0.25, 0.3) is 0 Å². The number of aromatic hydroxyl groups is 1. The second kappa shape index (κ2) is 16.2. The smallest absolute Gasteiger partial charge is 0.473 e. The summed E-state index contributed by atoms with van der Waals surface area (Å²) in [6.07, 6.45) is 6.12. The molecule has 0 saturated carbocycles. The Morgan fingerprint density at radius 3 is 2.33 bits per heavy atom. The van der Waals surface area contributed by atoms with Crippen LogP contribution in [0.1, 0.15) is 81.0 Å². The van der Waals surface area contributed by atoms with Crippen LogP contribution in [0.3, 0.4) is 0 Å². The van der Waals surface area contributed by atoms with Gasteiger partial charge in [-0.3, -0.25) is 9.05 Å². The van der Waals surface area contributed by atoms with E-state index in [1.54, 1.807) is 48.5 Å². The van der Waals surface area contributed by atoms with E-state index in [-0.39, 0.29) is 36.4 Å². The summed E-state index contributed by atoms with van der Waals surface area (Å²) < 4.78 is 30.0. The number of phenols is 1. The highest BCUT2D eigenvalue weighted by atomic mass is 31.2. The van der Waals surface area contributed by atoms with Crippen molar-refractivity contribution in [1.82, 2.24) is 0 Å². The number of allylic oxidation sites excluding steroid dienone is 3. The molecule has 3 aromatic carbocycles. The molecule has 0 heterocycles. The number of ether oxygens (including phenoxy) is 1. The molecule has 0 aromatic heterocycles. The van der Waals surface area contributed by atoms with Gasteiger partial charge in [-0.1, -0.05) is 104 Å². The average molecular weight is 633 g/mol. The molecule has 7 nitrogen and oxygen atoms in total. The number of hydrogen-bond donors (Lipinski definition) is 2. The summed E-state index contributed by atoms with van der Waals surface area (Å²) in [4.78, 5) is 24.6. The molecule has 0 aliphatic heterocycles. The Morgan fingerprint density at radius 1 is 1.02 bits per heavy atom. The quantitative estimate of drug-likeness (QED) is 0.0567. The summed E-state index contributed by atoms with van der Waals surface area (Å²) in [6.45, 7) is 10.2. The van der Waals surface area contributed by atoms with E-state index < -0.39 is 19.9 Å². The minimum Gasteiger partial charge on any atom is -0.507 e. The molecule has 2 N–H and O–H groups in total. The van der Waals surface area contributed by atoms with Gasteiger partial charge < -0.3 is 14.7 Å². The van der Waals surface area contributed by atoms with Crippen LogP contribution in [-0.2, 0) is 37.9 Å². The van der Waals surface area contributed by atoms with Crippen molar-refractivity contribution in [3.8, 4) is 11.5 Å². The minimum absolute atomic E-state index is 0.0206. The Kier molecular flexibility index (Phi) is 12.4. The first kappa shape index (κ1) is 34.4. The van der Waals surface area contributed by atoms with Crippen molar-refractivity contribution in [1.29, 1.82) is 0 Å². The third-order valence-electron chi connectivity index (χ3n) is 8.20. The lowest BCUT2D eigenvalue weighted by Gasteiger charge is -2.32. The maximum atomic E-state index is 13.9. The van der Waals surface area contributed by atoms with E-state index in [1.165, 1.54) is 5.57 Å². The molecule has 0 radical (unpaired) electrons. The van der Waals surface area contributed by atoms with E-state index in [2.05, 4.69) is 26.5 Å². The van der Waals surface area contributed by atoms with Crippen molar-refractivity contribution in [3.05, 3.63) is 119 Å². The van der Waals surface area contributed by atoms with Gasteiger partial charge >= 0.3 is 13.8 Å². The topological polar surface area (TPSA) is 102 Å². The van der Waals surface area contributed by atoms with E-state index in [1.807, 2.05) is 31.2 Å². The molecular formula is C37H45O7P. The molecule has 3 aromatic rings. The maximum Gasteiger partial charge on any atom is 0.473 e. The number of aryl methyl sites for hydroxylation is 1. The monoisotopic (exact) mass is 632 g/mol. The van der Waals surface area contributed by atoms with E-state index in [0.717, 1.165) is 43.2 Å². The van der Waals surface area contributed by atoms with E-state index >= 15 is 0 Å². The fourth-order valence-electron chi connectivity index (χ4n) is 5.80. The van der Waals surface area contributed by atoms with Gasteiger partial charge in [-0.15, -0.1) is 0 Å². The van der Waals surface area contributed by atoms with Crippen LogP contribution < -0.4 is 4.74 Å². The van der Waals surface area contributed by atoms with Gasteiger partial charge in [-0.25, -0.2) is 9.36 Å². The zero-order valence-electron chi connectivity index (χ0n) is 26.5. The zero-order chi connectivity index (χ0) is 32.4. The Morgan fingerprint density at radius 2 is 1.69 bits per heavy atom. The van der Waals surface area contributed by atoms with Gasteiger partial charge in [-0.05, 0) is 74.3 Å². The lowest BCUT2D eigenvalue weighted by atomic mass is 9.73. The molecule has 1 aliphatic rings. The van der Waals surface area contributed by atoms with Gasteiger partial charge in [-0.2, -0.15) is 0 Å². The van der Waals surface area contributed by atoms with Gasteiger partial charge in [0, 0.05) is 17.9 Å². The van der Waals surface area contributed by atoms with Crippen LogP contribution in [0.4, 0.5) is 0 Å². The number of phosphoric acid groups is 1. The summed E-state index contributed by atoms with van der Waals surface area (Å²) >= 11 is 0. The van der Waals surface area contributed by atoms with E-state index in [4.69, 9.17) is 13.8 Å². The molecule has 4 atom stereocenters. The maximum absolute atomic E-state index is 13.9. The Hall–Kier alpha value is -3.48. The number of benzene rings is 3. The number of phosphoric ester groups is 1. The van der Waals surface area contributed by atoms with E-state index in [9.17, 15) is 19.4 Å². The van der Waals surface area contributed by atoms with Gasteiger partial charge in [0.05, 0.1) is 6.61 Å². The van der Waals surface area contributed by atoms with Crippen molar-refractivity contribution in [3.63, 3.8) is 0 Å². The van der Waals surface area contributed by atoms with Gasteiger partial charge in [0.2, 0.25) is 0 Å². The molecule has 8 heteroatoms. The molecule has 1 aliphatic carbocycles. The van der Waals surface area contributed by atoms with Crippen molar-refractivity contribution < 1.29 is 33.1 Å². The highest BCUT2D eigenvalue weighted by molar-refractivity contribution is 7.47. The van der Waals surface area contributed by atoms with Crippen LogP contribution in [0, 0.1) is 5.92 Å². The summed E-state index contributed by atoms with van der Waals surface area (Å²) in [7, 11) is -4.69. The molecule has 0 saturated heterocycles. The molecule has 0 amide bonds. The van der Waals surface area contributed by atoms with Crippen molar-refractivity contribution in [2.75, 3.05) is 0 Å². The van der Waals surface area contributed by atoms with Crippen molar-refractivity contribution >= 4 is 13.8 Å². The number of phenolic OH excluding ortho intramolecular Hbond substituents is 1. The Balaban J connectivity index is 1.68. The van der Waals surface area contributed by atoms with Crippen LogP contribution in [0.15, 0.2) is 96.6 Å². The van der Waals surface area contributed by atoms with Crippen LogP contribution in [-0.4, -0.2) is 22.1 Å². The molecule has 0 bridgehead atoms. The molecule has 4 rings (SSSR count). The van der Waals surface area contributed by atoms with Crippen molar-refractivity contribution in [2.24, 2.45) is 5.92 Å². The zero-order valence-corrected chi connectivity index (χ0v) is 27.4. The first-order valence-electron chi connectivity index (χ1n) is 15.7. The highest BCUT2D eigenvalue weighted by Gasteiger charge is 2.35.